The number of piperazine rings is 1. The molecule has 0 amide bonds. The summed E-state index contributed by atoms with van der Waals surface area (Å²) < 4.78 is 42.0. The van der Waals surface area contributed by atoms with Crippen LogP contribution >= 0.6 is 0 Å². The number of likely N-dealkylation sites (N-methyl/N-ethyl adjacent to an activating group) is 1. The van der Waals surface area contributed by atoms with Crippen molar-refractivity contribution in [2.75, 3.05) is 45.8 Å². The van der Waals surface area contributed by atoms with Crippen molar-refractivity contribution in [3.63, 3.8) is 0 Å². The maximum Gasteiger partial charge on any atom is 0.209 e. The number of hydrogen-bond donors (Lipinski definition) is 0. The van der Waals surface area contributed by atoms with E-state index in [4.69, 9.17) is 0 Å². The van der Waals surface area contributed by atoms with Crippen LogP contribution < -0.4 is 0 Å². The second kappa shape index (κ2) is 6.92. The fraction of sp³-hybridized carbons (Fsp3) is 0.533. The van der Waals surface area contributed by atoms with E-state index >= 15 is 0 Å². The fourth-order valence-electron chi connectivity index (χ4n) is 2.86. The number of guanidine groups is 1. The summed E-state index contributed by atoms with van der Waals surface area (Å²) in [5, 5.41) is 0. The van der Waals surface area contributed by atoms with Crippen molar-refractivity contribution < 1.29 is 13.0 Å². The maximum atomic E-state index is 13.9. The van der Waals surface area contributed by atoms with Crippen LogP contribution in [-0.4, -0.2) is 70.1 Å². The van der Waals surface area contributed by atoms with Crippen molar-refractivity contribution >= 4 is 16.9 Å². The van der Waals surface area contributed by atoms with Crippen LogP contribution in [-0.2, 0) is 11.0 Å². The molecule has 8 heteroatoms. The molecular formula is C15H20F2N4OS. The lowest BCUT2D eigenvalue weighted by molar-refractivity contribution is 0.184. The number of halogens is 2. The van der Waals surface area contributed by atoms with Gasteiger partial charge in [0.1, 0.15) is 16.5 Å². The van der Waals surface area contributed by atoms with Gasteiger partial charge >= 0.3 is 0 Å². The summed E-state index contributed by atoms with van der Waals surface area (Å²) in [5.74, 6) is -0.988. The highest BCUT2D eigenvalue weighted by Crippen LogP contribution is 2.22. The first kappa shape index (κ1) is 16.3. The minimum atomic E-state index is -1.93. The molecule has 1 aromatic carbocycles. The van der Waals surface area contributed by atoms with Crippen molar-refractivity contribution in [1.29, 1.82) is 0 Å². The average molecular weight is 342 g/mol. The molecule has 1 fully saturated rings. The lowest BCUT2D eigenvalue weighted by Gasteiger charge is -2.37. The second-order valence-electron chi connectivity index (χ2n) is 5.51. The van der Waals surface area contributed by atoms with Crippen LogP contribution in [0.4, 0.5) is 8.78 Å². The maximum absolute atomic E-state index is 13.9. The van der Waals surface area contributed by atoms with E-state index in [2.05, 4.69) is 21.7 Å². The molecule has 126 valence electrons. The van der Waals surface area contributed by atoms with E-state index in [0.29, 0.717) is 19.0 Å². The molecule has 2 aliphatic rings. The Hall–Kier alpha value is -1.54. The largest absolute Gasteiger partial charge is 0.339 e. The summed E-state index contributed by atoms with van der Waals surface area (Å²) in [4.78, 5) is 8.39. The molecule has 1 unspecified atom stereocenters. The third kappa shape index (κ3) is 3.23. The van der Waals surface area contributed by atoms with Gasteiger partial charge in [0.05, 0.1) is 13.1 Å². The molecule has 2 heterocycles. The first-order valence-corrected chi connectivity index (χ1v) is 8.87. The summed E-state index contributed by atoms with van der Waals surface area (Å²) in [6.45, 7) is 7.38. The quantitative estimate of drug-likeness (QED) is 0.831. The SMILES string of the molecule is CCN1CCN(C2=NCCN2S(=O)c2c(F)cccc2F)CC1. The predicted octanol–water partition coefficient (Wildman–Crippen LogP) is 1.30. The molecule has 0 aromatic heterocycles. The molecule has 0 N–H and O–H groups in total. The zero-order valence-corrected chi connectivity index (χ0v) is 13.9. The molecule has 3 rings (SSSR count). The Labute approximate surface area is 137 Å². The van der Waals surface area contributed by atoms with Gasteiger partial charge < -0.3 is 9.80 Å². The number of nitrogens with zero attached hydrogens (tertiary/aromatic N) is 4. The van der Waals surface area contributed by atoms with Crippen molar-refractivity contribution in [3.8, 4) is 0 Å². The Bertz CT molecular complexity index is 612. The highest BCUT2D eigenvalue weighted by molar-refractivity contribution is 7.83. The van der Waals surface area contributed by atoms with Crippen LogP contribution in [0.5, 0.6) is 0 Å². The zero-order chi connectivity index (χ0) is 16.4. The van der Waals surface area contributed by atoms with Gasteiger partial charge in [-0.15, -0.1) is 0 Å². The van der Waals surface area contributed by atoms with Crippen LogP contribution in [0.25, 0.3) is 0 Å². The molecular weight excluding hydrogens is 322 g/mol. The number of benzene rings is 1. The van der Waals surface area contributed by atoms with Gasteiger partial charge in [-0.25, -0.2) is 13.0 Å². The van der Waals surface area contributed by atoms with Crippen LogP contribution in [0.15, 0.2) is 28.1 Å². The summed E-state index contributed by atoms with van der Waals surface area (Å²) >= 11 is 0. The molecule has 1 saturated heterocycles. The molecule has 0 aliphatic carbocycles. The molecule has 0 radical (unpaired) electrons. The molecule has 23 heavy (non-hydrogen) atoms. The fourth-order valence-corrected chi connectivity index (χ4v) is 4.12. The van der Waals surface area contributed by atoms with Gasteiger partial charge in [-0.2, -0.15) is 0 Å². The van der Waals surface area contributed by atoms with E-state index in [9.17, 15) is 13.0 Å². The van der Waals surface area contributed by atoms with Crippen molar-refractivity contribution in [3.05, 3.63) is 29.8 Å². The van der Waals surface area contributed by atoms with E-state index in [1.807, 2.05) is 0 Å². The topological polar surface area (TPSA) is 39.1 Å². The van der Waals surface area contributed by atoms with Gasteiger partial charge in [-0.3, -0.25) is 9.30 Å². The lowest BCUT2D eigenvalue weighted by Crippen LogP contribution is -2.52. The Kier molecular flexibility index (Phi) is 4.91. The number of rotatable bonds is 3. The Balaban J connectivity index is 1.78. The Morgan fingerprint density at radius 2 is 1.78 bits per heavy atom. The summed E-state index contributed by atoms with van der Waals surface area (Å²) in [6, 6.07) is 3.53. The zero-order valence-electron chi connectivity index (χ0n) is 13.0. The summed E-state index contributed by atoms with van der Waals surface area (Å²) in [7, 11) is -1.93. The molecule has 1 atom stereocenters. The van der Waals surface area contributed by atoms with Gasteiger partial charge in [-0.05, 0) is 18.7 Å². The second-order valence-corrected chi connectivity index (χ2v) is 6.85. The predicted molar refractivity (Wildman–Crippen MR) is 85.5 cm³/mol. The van der Waals surface area contributed by atoms with E-state index in [1.165, 1.54) is 10.4 Å². The third-order valence-electron chi connectivity index (χ3n) is 4.18. The van der Waals surface area contributed by atoms with Crippen LogP contribution in [0.3, 0.4) is 0 Å². The average Bonchev–Trinajstić information content (AvgIpc) is 3.04. The first-order valence-electron chi connectivity index (χ1n) is 7.77. The Morgan fingerprint density at radius 1 is 1.13 bits per heavy atom. The highest BCUT2D eigenvalue weighted by atomic mass is 32.2. The van der Waals surface area contributed by atoms with Crippen molar-refractivity contribution in [2.24, 2.45) is 4.99 Å². The highest BCUT2D eigenvalue weighted by Gasteiger charge is 2.32. The van der Waals surface area contributed by atoms with Crippen molar-refractivity contribution in [2.45, 2.75) is 11.8 Å². The van der Waals surface area contributed by atoms with Gasteiger partial charge in [0, 0.05) is 26.2 Å². The van der Waals surface area contributed by atoms with E-state index < -0.39 is 27.5 Å². The van der Waals surface area contributed by atoms with E-state index in [-0.39, 0.29) is 0 Å². The third-order valence-corrected chi connectivity index (χ3v) is 5.66. The van der Waals surface area contributed by atoms with Gasteiger partial charge in [0.2, 0.25) is 5.96 Å². The first-order chi connectivity index (χ1) is 11.1. The minimum absolute atomic E-state index is 0.394. The van der Waals surface area contributed by atoms with Crippen molar-refractivity contribution in [1.82, 2.24) is 14.1 Å². The standard InChI is InChI=1S/C15H20F2N4OS/c1-2-19-8-10-20(11-9-19)15-18-6-7-21(15)23(22)14-12(16)4-3-5-13(14)17/h3-5H,2,6-11H2,1H3. The summed E-state index contributed by atoms with van der Waals surface area (Å²) in [5.41, 5.74) is 0. The monoisotopic (exact) mass is 342 g/mol. The molecule has 0 bridgehead atoms. The van der Waals surface area contributed by atoms with E-state index in [1.54, 1.807) is 0 Å². The van der Waals surface area contributed by atoms with Gasteiger partial charge in [0.25, 0.3) is 0 Å². The van der Waals surface area contributed by atoms with E-state index in [0.717, 1.165) is 44.9 Å². The normalized spacial score (nSPS) is 20.7. The van der Waals surface area contributed by atoms with Gasteiger partial charge in [-0.1, -0.05) is 13.0 Å². The molecule has 0 saturated carbocycles. The van der Waals surface area contributed by atoms with Crippen LogP contribution in [0.2, 0.25) is 0 Å². The minimum Gasteiger partial charge on any atom is -0.339 e. The van der Waals surface area contributed by atoms with Crippen LogP contribution in [0.1, 0.15) is 6.92 Å². The van der Waals surface area contributed by atoms with Gasteiger partial charge in [0.15, 0.2) is 11.0 Å². The Morgan fingerprint density at radius 3 is 2.39 bits per heavy atom. The molecule has 0 spiro atoms. The smallest absolute Gasteiger partial charge is 0.209 e. The molecule has 1 aromatic rings. The summed E-state index contributed by atoms with van der Waals surface area (Å²) in [6.07, 6.45) is 0. The molecule has 5 nitrogen and oxygen atoms in total. The van der Waals surface area contributed by atoms with Crippen LogP contribution in [0, 0.1) is 11.6 Å². The number of aliphatic imine (C=N–C) groups is 1. The number of hydrogen-bond acceptors (Lipinski definition) is 4. The lowest BCUT2D eigenvalue weighted by atomic mass is 10.3. The molecule has 2 aliphatic heterocycles.